The molecule has 0 aliphatic carbocycles. The molecule has 0 aromatic heterocycles. The van der Waals surface area contributed by atoms with E-state index in [-0.39, 0.29) is 17.1 Å². The van der Waals surface area contributed by atoms with Crippen LogP contribution in [0.25, 0.3) is 0 Å². The van der Waals surface area contributed by atoms with Crippen LogP contribution in [-0.4, -0.2) is 40.7 Å². The number of rotatable bonds is 9. The average Bonchev–Trinajstić information content (AvgIpc) is 2.87. The van der Waals surface area contributed by atoms with Crippen LogP contribution < -0.4 is 23.8 Å². The zero-order chi connectivity index (χ0) is 24.8. The summed E-state index contributed by atoms with van der Waals surface area (Å²) >= 11 is 0. The number of nitrogens with zero attached hydrogens (tertiary/aromatic N) is 1. The Morgan fingerprint density at radius 2 is 1.74 bits per heavy atom. The number of fused-ring (bicyclic) bond motifs is 1. The molecular weight excluding hydrogens is 475 g/mol. The van der Waals surface area contributed by atoms with Gasteiger partial charge in [-0.2, -0.15) is 0 Å². The topological polar surface area (TPSA) is 94.2 Å². The minimum absolute atomic E-state index is 0.0828. The molecule has 0 spiro atoms. The minimum atomic E-state index is -4.21. The Balaban J connectivity index is 1.59. The third kappa shape index (κ3) is 5.65. The molecule has 1 heterocycles. The van der Waals surface area contributed by atoms with Gasteiger partial charge >= 0.3 is 0 Å². The Hall–Kier alpha value is -3.79. The van der Waals surface area contributed by atoms with Gasteiger partial charge < -0.3 is 19.5 Å². The van der Waals surface area contributed by atoms with Crippen molar-refractivity contribution in [1.82, 2.24) is 5.32 Å². The van der Waals surface area contributed by atoms with Gasteiger partial charge in [0.15, 0.2) is 11.5 Å². The maximum atomic E-state index is 13.6. The van der Waals surface area contributed by atoms with Crippen LogP contribution in [0.5, 0.6) is 17.2 Å². The molecule has 0 unspecified atom stereocenters. The van der Waals surface area contributed by atoms with Gasteiger partial charge in [0, 0.05) is 18.2 Å². The Labute approximate surface area is 203 Å². The number of benzene rings is 3. The number of hydrogen-bond acceptors (Lipinski definition) is 6. The first-order valence-electron chi connectivity index (χ1n) is 11.0. The van der Waals surface area contributed by atoms with Gasteiger partial charge in [-0.25, -0.2) is 12.8 Å². The van der Waals surface area contributed by atoms with Crippen LogP contribution in [0.4, 0.5) is 10.1 Å². The number of amides is 1. The lowest BCUT2D eigenvalue weighted by Gasteiger charge is -2.25. The van der Waals surface area contributed by atoms with Crippen molar-refractivity contribution >= 4 is 21.6 Å². The van der Waals surface area contributed by atoms with Crippen molar-refractivity contribution in [2.75, 3.05) is 30.7 Å². The van der Waals surface area contributed by atoms with E-state index < -0.39 is 28.3 Å². The normalized spacial score (nSPS) is 12.6. The highest BCUT2D eigenvalue weighted by molar-refractivity contribution is 7.92. The van der Waals surface area contributed by atoms with E-state index in [0.717, 1.165) is 22.0 Å². The standard InChI is InChI=1S/C25H25FN2O6S/c1-2-32-22-6-4-3-5-18(22)16-27-25(29)17-28(20-9-7-19(26)8-10-20)35(30,31)21-11-12-23-24(15-21)34-14-13-33-23/h3-12,15H,2,13-14,16-17H2,1H3,(H,27,29). The van der Waals surface area contributed by atoms with E-state index in [0.29, 0.717) is 37.1 Å². The number of carbonyl (C=O) groups excluding carboxylic acids is 1. The molecule has 0 saturated heterocycles. The maximum absolute atomic E-state index is 13.6. The molecule has 1 amide bonds. The van der Waals surface area contributed by atoms with Crippen molar-refractivity contribution in [3.63, 3.8) is 0 Å². The van der Waals surface area contributed by atoms with Gasteiger partial charge in [0.2, 0.25) is 5.91 Å². The van der Waals surface area contributed by atoms with E-state index in [1.54, 1.807) is 6.07 Å². The molecule has 0 bridgehead atoms. The molecule has 0 saturated carbocycles. The van der Waals surface area contributed by atoms with Crippen LogP contribution in [0, 0.1) is 5.82 Å². The monoisotopic (exact) mass is 500 g/mol. The van der Waals surface area contributed by atoms with Crippen molar-refractivity contribution in [2.24, 2.45) is 0 Å². The summed E-state index contributed by atoms with van der Waals surface area (Å²) in [4.78, 5) is 12.8. The van der Waals surface area contributed by atoms with E-state index in [1.165, 1.54) is 30.3 Å². The first-order chi connectivity index (χ1) is 16.9. The summed E-state index contributed by atoms with van der Waals surface area (Å²) in [5.41, 5.74) is 0.900. The van der Waals surface area contributed by atoms with Crippen LogP contribution in [0.1, 0.15) is 12.5 Å². The van der Waals surface area contributed by atoms with Gasteiger partial charge in [-0.15, -0.1) is 0 Å². The molecule has 0 radical (unpaired) electrons. The quantitative estimate of drug-likeness (QED) is 0.483. The Kier molecular flexibility index (Phi) is 7.40. The lowest BCUT2D eigenvalue weighted by molar-refractivity contribution is -0.119. The molecule has 0 atom stereocenters. The largest absolute Gasteiger partial charge is 0.494 e. The molecule has 1 N–H and O–H groups in total. The van der Waals surface area contributed by atoms with E-state index in [2.05, 4.69) is 5.32 Å². The van der Waals surface area contributed by atoms with Gasteiger partial charge in [0.05, 0.1) is 17.2 Å². The van der Waals surface area contributed by atoms with E-state index in [4.69, 9.17) is 14.2 Å². The summed E-state index contributed by atoms with van der Waals surface area (Å²) in [6.07, 6.45) is 0. The third-order valence-corrected chi connectivity index (χ3v) is 7.02. The van der Waals surface area contributed by atoms with Crippen LogP contribution >= 0.6 is 0 Å². The number of para-hydroxylation sites is 1. The zero-order valence-electron chi connectivity index (χ0n) is 19.1. The Morgan fingerprint density at radius 1 is 1.03 bits per heavy atom. The molecule has 8 nitrogen and oxygen atoms in total. The molecule has 0 fully saturated rings. The summed E-state index contributed by atoms with van der Waals surface area (Å²) in [6.45, 7) is 2.63. The second-order valence-electron chi connectivity index (χ2n) is 7.61. The van der Waals surface area contributed by atoms with Crippen LogP contribution in [0.15, 0.2) is 71.6 Å². The summed E-state index contributed by atoms with van der Waals surface area (Å²) in [5, 5.41) is 2.74. The molecule has 4 rings (SSSR count). The fourth-order valence-electron chi connectivity index (χ4n) is 3.56. The number of nitrogens with one attached hydrogen (secondary N) is 1. The number of ether oxygens (including phenoxy) is 3. The molecule has 35 heavy (non-hydrogen) atoms. The summed E-state index contributed by atoms with van der Waals surface area (Å²) in [6, 6.07) is 16.4. The second kappa shape index (κ2) is 10.6. The van der Waals surface area contributed by atoms with E-state index in [1.807, 2.05) is 25.1 Å². The highest BCUT2D eigenvalue weighted by Gasteiger charge is 2.29. The Morgan fingerprint density at radius 3 is 2.49 bits per heavy atom. The third-order valence-electron chi connectivity index (χ3n) is 5.25. The summed E-state index contributed by atoms with van der Waals surface area (Å²) in [5.74, 6) is 0.307. The average molecular weight is 501 g/mol. The molecule has 3 aromatic carbocycles. The van der Waals surface area contributed by atoms with E-state index >= 15 is 0 Å². The number of hydrogen-bond donors (Lipinski definition) is 1. The van der Waals surface area contributed by atoms with Crippen molar-refractivity contribution in [3.8, 4) is 17.2 Å². The molecule has 10 heteroatoms. The lowest BCUT2D eigenvalue weighted by atomic mass is 10.2. The zero-order valence-corrected chi connectivity index (χ0v) is 19.9. The van der Waals surface area contributed by atoms with Crippen molar-refractivity contribution in [2.45, 2.75) is 18.4 Å². The first kappa shape index (κ1) is 24.3. The van der Waals surface area contributed by atoms with E-state index in [9.17, 15) is 17.6 Å². The van der Waals surface area contributed by atoms with Crippen molar-refractivity contribution < 1.29 is 31.8 Å². The van der Waals surface area contributed by atoms with Crippen LogP contribution in [0.3, 0.4) is 0 Å². The fraction of sp³-hybridized carbons (Fsp3) is 0.240. The predicted molar refractivity (Wildman–Crippen MR) is 128 cm³/mol. The van der Waals surface area contributed by atoms with Crippen LogP contribution in [0.2, 0.25) is 0 Å². The molecule has 184 valence electrons. The van der Waals surface area contributed by atoms with Crippen LogP contribution in [-0.2, 0) is 21.4 Å². The molecular formula is C25H25FN2O6S. The highest BCUT2D eigenvalue weighted by Crippen LogP contribution is 2.34. The smallest absolute Gasteiger partial charge is 0.264 e. The van der Waals surface area contributed by atoms with Crippen molar-refractivity contribution in [1.29, 1.82) is 0 Å². The predicted octanol–water partition coefficient (Wildman–Crippen LogP) is 3.51. The van der Waals surface area contributed by atoms with Gasteiger partial charge in [-0.3, -0.25) is 9.10 Å². The van der Waals surface area contributed by atoms with Gasteiger partial charge in [-0.1, -0.05) is 18.2 Å². The summed E-state index contributed by atoms with van der Waals surface area (Å²) < 4.78 is 58.2. The second-order valence-corrected chi connectivity index (χ2v) is 9.47. The first-order valence-corrected chi connectivity index (χ1v) is 12.5. The maximum Gasteiger partial charge on any atom is 0.264 e. The van der Waals surface area contributed by atoms with Gasteiger partial charge in [-0.05, 0) is 49.4 Å². The number of carbonyl (C=O) groups is 1. The number of halogens is 1. The highest BCUT2D eigenvalue weighted by atomic mass is 32.2. The Bertz CT molecular complexity index is 1300. The lowest BCUT2D eigenvalue weighted by Crippen LogP contribution is -2.40. The molecule has 1 aliphatic rings. The number of anilines is 1. The molecule has 3 aromatic rings. The summed E-state index contributed by atoms with van der Waals surface area (Å²) in [7, 11) is -4.21. The SMILES string of the molecule is CCOc1ccccc1CNC(=O)CN(c1ccc(F)cc1)S(=O)(=O)c1ccc2c(c1)OCCO2. The molecule has 1 aliphatic heterocycles. The fourth-order valence-corrected chi connectivity index (χ4v) is 5.00. The van der Waals surface area contributed by atoms with Gasteiger partial charge in [0.25, 0.3) is 10.0 Å². The van der Waals surface area contributed by atoms with Gasteiger partial charge in [0.1, 0.15) is 31.3 Å². The number of sulfonamides is 1. The minimum Gasteiger partial charge on any atom is -0.494 e. The van der Waals surface area contributed by atoms with Crippen molar-refractivity contribution in [3.05, 3.63) is 78.1 Å².